The third kappa shape index (κ3) is 6.42. The van der Waals surface area contributed by atoms with Gasteiger partial charge in [0.15, 0.2) is 34.4 Å². The molecule has 0 spiro atoms. The number of ether oxygens (including phenoxy) is 7. The number of hydrogen-bond acceptors (Lipinski definition) is 12. The summed E-state index contributed by atoms with van der Waals surface area (Å²) in [6.07, 6.45) is 1.69. The van der Waals surface area contributed by atoms with Gasteiger partial charge in [-0.25, -0.2) is 14.6 Å². The van der Waals surface area contributed by atoms with E-state index in [0.29, 0.717) is 54.9 Å². The number of aromatic nitrogens is 1. The van der Waals surface area contributed by atoms with E-state index in [1.54, 1.807) is 57.2 Å². The van der Waals surface area contributed by atoms with Crippen molar-refractivity contribution in [3.05, 3.63) is 72.4 Å². The summed E-state index contributed by atoms with van der Waals surface area (Å²) in [5.74, 6) is 0.707. The van der Waals surface area contributed by atoms with Crippen LogP contribution in [0.15, 0.2) is 51.4 Å². The maximum absolute atomic E-state index is 14.0. The Kier molecular flexibility index (Phi) is 10.3. The van der Waals surface area contributed by atoms with E-state index in [0.717, 1.165) is 0 Å². The lowest BCUT2D eigenvalue weighted by atomic mass is 9.95. The fraction of sp³-hybridized carbons (Fsp3) is 0.355. The average Bonchev–Trinajstić information content (AvgIpc) is 3.32. The molecule has 3 aromatic rings. The quantitative estimate of drug-likeness (QED) is 0.277. The number of rotatable bonds is 12. The smallest absolute Gasteiger partial charge is 0.344 e. The number of methoxy groups -OCH3 is 4. The highest BCUT2D eigenvalue weighted by atomic mass is 32.1. The molecular formula is C31H34N2O10S. The topological polar surface area (TPSA) is 133 Å². The largest absolute Gasteiger partial charge is 0.493 e. The number of thiazole rings is 1. The standard InChI is InChI=1S/C31H34N2O10S/c1-8-41-25(34)16-43-20-11-10-18(12-21(20)37-4)13-24-29(35)33-27(19-14-22(38-5)28(40-7)23(15-19)39-6)26(30(36)42-9-2)17(3)32-31(33)44-24/h10-15,27H,8-9,16H2,1-7H3/b24-13-/t27-/m0/s1. The Balaban J connectivity index is 1.87. The number of nitrogens with zero attached hydrogens (tertiary/aromatic N) is 2. The minimum Gasteiger partial charge on any atom is -0.493 e. The molecule has 0 bridgehead atoms. The summed E-state index contributed by atoms with van der Waals surface area (Å²) < 4.78 is 39.7. The van der Waals surface area contributed by atoms with Gasteiger partial charge in [0, 0.05) is 0 Å². The molecule has 0 saturated heterocycles. The Hall–Kier alpha value is -4.78. The summed E-state index contributed by atoms with van der Waals surface area (Å²) >= 11 is 1.17. The molecule has 2 aromatic carbocycles. The van der Waals surface area contributed by atoms with Crippen molar-refractivity contribution < 1.29 is 42.7 Å². The number of allylic oxidation sites excluding steroid dienone is 1. The zero-order chi connectivity index (χ0) is 32.0. The zero-order valence-corrected chi connectivity index (χ0v) is 26.4. The van der Waals surface area contributed by atoms with E-state index in [2.05, 4.69) is 4.99 Å². The predicted octanol–water partition coefficient (Wildman–Crippen LogP) is 2.77. The van der Waals surface area contributed by atoms with E-state index >= 15 is 0 Å². The van der Waals surface area contributed by atoms with Gasteiger partial charge in [0.05, 0.1) is 63.5 Å². The van der Waals surface area contributed by atoms with Crippen LogP contribution in [-0.2, 0) is 19.1 Å². The van der Waals surface area contributed by atoms with E-state index in [9.17, 15) is 14.4 Å². The van der Waals surface area contributed by atoms with Crippen molar-refractivity contribution in [3.63, 3.8) is 0 Å². The van der Waals surface area contributed by atoms with Crippen LogP contribution in [-0.4, -0.2) is 64.8 Å². The van der Waals surface area contributed by atoms with E-state index < -0.39 is 18.0 Å². The van der Waals surface area contributed by atoms with Gasteiger partial charge in [0.1, 0.15) is 0 Å². The predicted molar refractivity (Wildman–Crippen MR) is 162 cm³/mol. The van der Waals surface area contributed by atoms with Crippen molar-refractivity contribution in [1.29, 1.82) is 0 Å². The second-order valence-corrected chi connectivity index (χ2v) is 10.3. The van der Waals surface area contributed by atoms with Gasteiger partial charge < -0.3 is 33.2 Å². The first-order chi connectivity index (χ1) is 21.2. The minimum atomic E-state index is -0.894. The molecule has 0 N–H and O–H groups in total. The fourth-order valence-corrected chi connectivity index (χ4v) is 5.80. The van der Waals surface area contributed by atoms with Crippen LogP contribution in [0.25, 0.3) is 6.08 Å². The number of fused-ring (bicyclic) bond motifs is 1. The van der Waals surface area contributed by atoms with Gasteiger partial charge in [-0.05, 0) is 62.2 Å². The lowest BCUT2D eigenvalue weighted by Crippen LogP contribution is -2.40. The third-order valence-electron chi connectivity index (χ3n) is 6.66. The summed E-state index contributed by atoms with van der Waals surface area (Å²) in [5.41, 5.74) is 1.43. The molecule has 4 rings (SSSR count). The monoisotopic (exact) mass is 626 g/mol. The highest BCUT2D eigenvalue weighted by Crippen LogP contribution is 2.42. The van der Waals surface area contributed by atoms with Crippen LogP contribution < -0.4 is 38.6 Å². The van der Waals surface area contributed by atoms with Gasteiger partial charge in [-0.1, -0.05) is 17.4 Å². The van der Waals surface area contributed by atoms with Crippen LogP contribution in [0.1, 0.15) is 37.9 Å². The second-order valence-electron chi connectivity index (χ2n) is 9.26. The van der Waals surface area contributed by atoms with Crippen LogP contribution in [0.2, 0.25) is 0 Å². The Labute approximate surface area is 257 Å². The van der Waals surface area contributed by atoms with Gasteiger partial charge in [0.25, 0.3) is 5.56 Å². The number of carbonyl (C=O) groups excluding carboxylic acids is 2. The lowest BCUT2D eigenvalue weighted by Gasteiger charge is -2.26. The molecule has 0 amide bonds. The first-order valence-electron chi connectivity index (χ1n) is 13.7. The van der Waals surface area contributed by atoms with Gasteiger partial charge in [-0.15, -0.1) is 0 Å². The van der Waals surface area contributed by atoms with E-state index in [4.69, 9.17) is 33.2 Å². The van der Waals surface area contributed by atoms with Crippen LogP contribution in [0.5, 0.6) is 28.7 Å². The second kappa shape index (κ2) is 14.1. The van der Waals surface area contributed by atoms with E-state index in [1.165, 1.54) is 44.3 Å². The van der Waals surface area contributed by atoms with Crippen molar-refractivity contribution >= 4 is 29.4 Å². The molecule has 2 heterocycles. The molecule has 0 fully saturated rings. The number of carbonyl (C=O) groups is 2. The molecule has 0 aliphatic carbocycles. The highest BCUT2D eigenvalue weighted by Gasteiger charge is 2.34. The Bertz CT molecular complexity index is 1750. The average molecular weight is 627 g/mol. The van der Waals surface area contributed by atoms with Gasteiger partial charge >= 0.3 is 11.9 Å². The zero-order valence-electron chi connectivity index (χ0n) is 25.5. The molecule has 0 saturated carbocycles. The molecule has 44 heavy (non-hydrogen) atoms. The Morgan fingerprint density at radius 2 is 1.57 bits per heavy atom. The van der Waals surface area contributed by atoms with Gasteiger partial charge in [0.2, 0.25) is 5.75 Å². The van der Waals surface area contributed by atoms with E-state index in [-0.39, 0.29) is 31.0 Å². The summed E-state index contributed by atoms with van der Waals surface area (Å²) in [6, 6.07) is 7.55. The first kappa shape index (κ1) is 32.1. The molecule has 0 radical (unpaired) electrons. The first-order valence-corrected chi connectivity index (χ1v) is 14.5. The Morgan fingerprint density at radius 3 is 2.16 bits per heavy atom. The normalized spacial score (nSPS) is 14.3. The van der Waals surface area contributed by atoms with Crippen molar-refractivity contribution in [1.82, 2.24) is 4.57 Å². The van der Waals surface area contributed by atoms with Crippen molar-refractivity contribution in [2.45, 2.75) is 26.8 Å². The van der Waals surface area contributed by atoms with Crippen LogP contribution in [0, 0.1) is 0 Å². The SMILES string of the molecule is CCOC(=O)COc1ccc(/C=c2\sc3n(c2=O)[C@@H](c2cc(OC)c(OC)c(OC)c2)C(C(=O)OCC)=C(C)N=3)cc1OC. The lowest BCUT2D eigenvalue weighted by molar-refractivity contribution is -0.145. The number of hydrogen-bond donors (Lipinski definition) is 0. The van der Waals surface area contributed by atoms with Gasteiger partial charge in [-0.2, -0.15) is 0 Å². The number of benzene rings is 2. The van der Waals surface area contributed by atoms with Crippen molar-refractivity contribution in [2.75, 3.05) is 48.3 Å². The summed E-state index contributed by atoms with van der Waals surface area (Å²) in [6.45, 7) is 5.24. The number of esters is 2. The van der Waals surface area contributed by atoms with Crippen molar-refractivity contribution in [3.8, 4) is 28.7 Å². The van der Waals surface area contributed by atoms with Crippen LogP contribution >= 0.6 is 11.3 Å². The molecule has 1 aliphatic heterocycles. The van der Waals surface area contributed by atoms with Crippen LogP contribution in [0.3, 0.4) is 0 Å². The highest BCUT2D eigenvalue weighted by molar-refractivity contribution is 7.07. The fourth-order valence-electron chi connectivity index (χ4n) is 4.75. The van der Waals surface area contributed by atoms with Gasteiger partial charge in [-0.3, -0.25) is 9.36 Å². The molecule has 1 aromatic heterocycles. The summed E-state index contributed by atoms with van der Waals surface area (Å²) in [5, 5.41) is 0. The molecule has 1 atom stereocenters. The maximum atomic E-state index is 14.0. The third-order valence-corrected chi connectivity index (χ3v) is 7.64. The molecule has 234 valence electrons. The van der Waals surface area contributed by atoms with E-state index in [1.807, 2.05) is 0 Å². The molecule has 0 unspecified atom stereocenters. The molecule has 13 heteroatoms. The molecule has 12 nitrogen and oxygen atoms in total. The van der Waals surface area contributed by atoms with Crippen LogP contribution in [0.4, 0.5) is 0 Å². The molecule has 1 aliphatic rings. The molecular weight excluding hydrogens is 592 g/mol. The Morgan fingerprint density at radius 1 is 0.909 bits per heavy atom. The maximum Gasteiger partial charge on any atom is 0.344 e. The summed E-state index contributed by atoms with van der Waals surface area (Å²) in [7, 11) is 5.94. The van der Waals surface area contributed by atoms with Crippen molar-refractivity contribution in [2.24, 2.45) is 4.99 Å². The summed E-state index contributed by atoms with van der Waals surface area (Å²) in [4.78, 5) is 44.1. The minimum absolute atomic E-state index is 0.142.